The maximum atomic E-state index is 12.1. The van der Waals surface area contributed by atoms with Gasteiger partial charge >= 0.3 is 0 Å². The maximum Gasteiger partial charge on any atom is 0.274 e. The highest BCUT2D eigenvalue weighted by Gasteiger charge is 2.15. The van der Waals surface area contributed by atoms with Gasteiger partial charge in [-0.05, 0) is 19.9 Å². The third kappa shape index (κ3) is 2.51. The monoisotopic (exact) mass is 274 g/mol. The van der Waals surface area contributed by atoms with Crippen LogP contribution in [-0.4, -0.2) is 20.6 Å². The van der Waals surface area contributed by atoms with Crippen molar-refractivity contribution in [3.63, 3.8) is 0 Å². The molecule has 1 amide bonds. The zero-order valence-corrected chi connectivity index (χ0v) is 11.4. The number of amides is 1. The number of nitrogens with zero attached hydrogens (tertiary/aromatic N) is 3. The number of carbonyl (C=O) groups excluding carboxylic acids is 1. The standard InChI is InChI=1S/C13H14N4O3/c1-8-4-5-10(6-12(8)17(19)20)15-13(18)11-7-14-16(3)9(11)2/h4-7H,1-3H3,(H,15,18). The van der Waals surface area contributed by atoms with Crippen LogP contribution in [0, 0.1) is 24.0 Å². The molecule has 0 unspecified atom stereocenters. The van der Waals surface area contributed by atoms with Gasteiger partial charge in [0.1, 0.15) is 0 Å². The predicted molar refractivity (Wildman–Crippen MR) is 73.7 cm³/mol. The molecular weight excluding hydrogens is 260 g/mol. The number of benzene rings is 1. The number of aromatic nitrogens is 2. The van der Waals surface area contributed by atoms with Crippen molar-refractivity contribution >= 4 is 17.3 Å². The summed E-state index contributed by atoms with van der Waals surface area (Å²) in [5, 5.41) is 17.5. The van der Waals surface area contributed by atoms with E-state index in [1.165, 1.54) is 12.3 Å². The molecule has 0 saturated heterocycles. The molecule has 2 rings (SSSR count). The number of nitrogens with one attached hydrogen (secondary N) is 1. The average Bonchev–Trinajstić information content (AvgIpc) is 2.72. The largest absolute Gasteiger partial charge is 0.322 e. The van der Waals surface area contributed by atoms with Crippen LogP contribution in [0.1, 0.15) is 21.6 Å². The van der Waals surface area contributed by atoms with Crippen molar-refractivity contribution in [2.75, 3.05) is 5.32 Å². The van der Waals surface area contributed by atoms with Gasteiger partial charge in [-0.3, -0.25) is 19.6 Å². The molecule has 0 bridgehead atoms. The van der Waals surface area contributed by atoms with Crippen molar-refractivity contribution < 1.29 is 9.72 Å². The van der Waals surface area contributed by atoms with Gasteiger partial charge in [0.15, 0.2) is 0 Å². The number of anilines is 1. The van der Waals surface area contributed by atoms with Crippen molar-refractivity contribution in [3.8, 4) is 0 Å². The summed E-state index contributed by atoms with van der Waals surface area (Å²) in [6.07, 6.45) is 1.47. The highest BCUT2D eigenvalue weighted by Crippen LogP contribution is 2.22. The van der Waals surface area contributed by atoms with Crippen LogP contribution in [0.3, 0.4) is 0 Å². The van der Waals surface area contributed by atoms with Crippen molar-refractivity contribution in [2.24, 2.45) is 7.05 Å². The number of nitro groups is 1. The van der Waals surface area contributed by atoms with Crippen LogP contribution in [0.4, 0.5) is 11.4 Å². The van der Waals surface area contributed by atoms with Crippen molar-refractivity contribution in [3.05, 3.63) is 51.3 Å². The molecule has 0 fully saturated rings. The van der Waals surface area contributed by atoms with E-state index in [-0.39, 0.29) is 11.6 Å². The molecule has 20 heavy (non-hydrogen) atoms. The first-order valence-electron chi connectivity index (χ1n) is 5.95. The van der Waals surface area contributed by atoms with E-state index in [9.17, 15) is 14.9 Å². The number of rotatable bonds is 3. The van der Waals surface area contributed by atoms with E-state index in [1.807, 2.05) is 0 Å². The van der Waals surface area contributed by atoms with E-state index in [2.05, 4.69) is 10.4 Å². The van der Waals surface area contributed by atoms with Gasteiger partial charge in [-0.25, -0.2) is 0 Å². The molecular formula is C13H14N4O3. The predicted octanol–water partition coefficient (Wildman–Crippen LogP) is 2.20. The second kappa shape index (κ2) is 5.12. The number of nitro benzene ring substituents is 1. The van der Waals surface area contributed by atoms with E-state index in [0.717, 1.165) is 5.69 Å². The third-order valence-corrected chi connectivity index (χ3v) is 3.14. The molecule has 1 N–H and O–H groups in total. The molecule has 0 saturated carbocycles. The average molecular weight is 274 g/mol. The number of carbonyl (C=O) groups is 1. The van der Waals surface area contributed by atoms with Crippen LogP contribution in [0.15, 0.2) is 24.4 Å². The number of aryl methyl sites for hydroxylation is 2. The molecule has 7 nitrogen and oxygen atoms in total. The summed E-state index contributed by atoms with van der Waals surface area (Å²) in [4.78, 5) is 22.5. The first-order valence-corrected chi connectivity index (χ1v) is 5.95. The summed E-state index contributed by atoms with van der Waals surface area (Å²) < 4.78 is 1.59. The van der Waals surface area contributed by atoms with Crippen LogP contribution >= 0.6 is 0 Å². The molecule has 1 heterocycles. The molecule has 0 radical (unpaired) electrons. The Hall–Kier alpha value is -2.70. The minimum absolute atomic E-state index is 0.0225. The normalized spacial score (nSPS) is 10.3. The molecule has 0 atom stereocenters. The lowest BCUT2D eigenvalue weighted by molar-refractivity contribution is -0.385. The van der Waals surface area contributed by atoms with Crippen LogP contribution in [0.2, 0.25) is 0 Å². The number of hydrogen-bond donors (Lipinski definition) is 1. The first-order chi connectivity index (χ1) is 9.40. The Balaban J connectivity index is 2.26. The van der Waals surface area contributed by atoms with Gasteiger partial charge in [0, 0.05) is 30.1 Å². The van der Waals surface area contributed by atoms with Gasteiger partial charge in [0.05, 0.1) is 16.7 Å². The fraction of sp³-hybridized carbons (Fsp3) is 0.231. The summed E-state index contributed by atoms with van der Waals surface area (Å²) >= 11 is 0. The lowest BCUT2D eigenvalue weighted by atomic mass is 10.1. The highest BCUT2D eigenvalue weighted by atomic mass is 16.6. The van der Waals surface area contributed by atoms with Gasteiger partial charge in [0.25, 0.3) is 11.6 Å². The Morgan fingerprint density at radius 1 is 1.40 bits per heavy atom. The van der Waals surface area contributed by atoms with E-state index in [4.69, 9.17) is 0 Å². The van der Waals surface area contributed by atoms with Gasteiger partial charge in [-0.15, -0.1) is 0 Å². The van der Waals surface area contributed by atoms with Gasteiger partial charge in [-0.1, -0.05) is 6.07 Å². The third-order valence-electron chi connectivity index (χ3n) is 3.14. The molecule has 1 aromatic heterocycles. The lowest BCUT2D eigenvalue weighted by Gasteiger charge is -2.06. The maximum absolute atomic E-state index is 12.1. The summed E-state index contributed by atoms with van der Waals surface area (Å²) in [5.41, 5.74) is 2.08. The van der Waals surface area contributed by atoms with E-state index in [1.54, 1.807) is 37.7 Å². The van der Waals surface area contributed by atoms with Crippen molar-refractivity contribution in [2.45, 2.75) is 13.8 Å². The van der Waals surface area contributed by atoms with Crippen molar-refractivity contribution in [1.29, 1.82) is 0 Å². The Bertz CT molecular complexity index is 691. The van der Waals surface area contributed by atoms with Gasteiger partial charge in [-0.2, -0.15) is 5.10 Å². The van der Waals surface area contributed by atoms with Crippen molar-refractivity contribution in [1.82, 2.24) is 9.78 Å². The molecule has 7 heteroatoms. The molecule has 1 aromatic carbocycles. The summed E-state index contributed by atoms with van der Waals surface area (Å²) in [7, 11) is 1.74. The SMILES string of the molecule is Cc1ccc(NC(=O)c2cnn(C)c2C)cc1[N+](=O)[O-]. The zero-order valence-electron chi connectivity index (χ0n) is 11.4. The van der Waals surface area contributed by atoms with E-state index < -0.39 is 4.92 Å². The van der Waals surface area contributed by atoms with E-state index in [0.29, 0.717) is 16.8 Å². The highest BCUT2D eigenvalue weighted by molar-refractivity contribution is 6.05. The Labute approximate surface area is 115 Å². The quantitative estimate of drug-likeness (QED) is 0.686. The lowest BCUT2D eigenvalue weighted by Crippen LogP contribution is -2.13. The second-order valence-corrected chi connectivity index (χ2v) is 4.48. The minimum atomic E-state index is -0.472. The first kappa shape index (κ1) is 13.7. The fourth-order valence-electron chi connectivity index (χ4n) is 1.80. The van der Waals surface area contributed by atoms with Crippen LogP contribution in [0.25, 0.3) is 0 Å². The van der Waals surface area contributed by atoms with Gasteiger partial charge < -0.3 is 5.32 Å². The molecule has 0 spiro atoms. The molecule has 0 aliphatic heterocycles. The Morgan fingerprint density at radius 3 is 2.65 bits per heavy atom. The molecule has 0 aliphatic rings. The minimum Gasteiger partial charge on any atom is -0.322 e. The Kier molecular flexibility index (Phi) is 3.51. The smallest absolute Gasteiger partial charge is 0.274 e. The summed E-state index contributed by atoms with van der Waals surface area (Å²) in [6.45, 7) is 3.43. The number of hydrogen-bond acceptors (Lipinski definition) is 4. The molecule has 104 valence electrons. The Morgan fingerprint density at radius 2 is 2.10 bits per heavy atom. The van der Waals surface area contributed by atoms with Crippen LogP contribution in [0.5, 0.6) is 0 Å². The zero-order chi connectivity index (χ0) is 14.9. The fourth-order valence-corrected chi connectivity index (χ4v) is 1.80. The topological polar surface area (TPSA) is 90.1 Å². The van der Waals surface area contributed by atoms with E-state index >= 15 is 0 Å². The molecule has 2 aromatic rings. The van der Waals surface area contributed by atoms with Gasteiger partial charge in [0.2, 0.25) is 0 Å². The van der Waals surface area contributed by atoms with Crippen LogP contribution in [-0.2, 0) is 7.05 Å². The summed E-state index contributed by atoms with van der Waals surface area (Å²) in [5.74, 6) is -0.339. The van der Waals surface area contributed by atoms with Crippen LogP contribution < -0.4 is 5.32 Å². The summed E-state index contributed by atoms with van der Waals surface area (Å²) in [6, 6.07) is 4.58. The second-order valence-electron chi connectivity index (χ2n) is 4.48. The molecule has 0 aliphatic carbocycles.